The van der Waals surface area contributed by atoms with Gasteiger partial charge >= 0.3 is 11.9 Å². The maximum Gasteiger partial charge on any atom is 0.418 e. The molecule has 1 unspecified atom stereocenters. The third-order valence-electron chi connectivity index (χ3n) is 8.63. The number of hydrazine groups is 1. The summed E-state index contributed by atoms with van der Waals surface area (Å²) in [5.74, 6) is 1.25. The van der Waals surface area contributed by atoms with E-state index in [1.54, 1.807) is 12.3 Å². The molecule has 2 N–H and O–H groups in total. The Morgan fingerprint density at radius 3 is 2.58 bits per heavy atom. The largest absolute Gasteiger partial charge is 0.418 e. The zero-order chi connectivity index (χ0) is 26.6. The Hall–Kier alpha value is -2.66. The quantitative estimate of drug-likeness (QED) is 0.504. The van der Waals surface area contributed by atoms with Gasteiger partial charge in [0.25, 0.3) is 0 Å². The van der Waals surface area contributed by atoms with Gasteiger partial charge in [0.1, 0.15) is 0 Å². The number of hydrogen-bond acceptors (Lipinski definition) is 5. The van der Waals surface area contributed by atoms with Crippen molar-refractivity contribution in [3.8, 4) is 5.69 Å². The first-order valence-corrected chi connectivity index (χ1v) is 13.5. The minimum absolute atomic E-state index is 0.105. The van der Waals surface area contributed by atoms with Gasteiger partial charge in [0.2, 0.25) is 0 Å². The molecule has 0 radical (unpaired) electrons. The monoisotopic (exact) mass is 528 g/mol. The van der Waals surface area contributed by atoms with Crippen molar-refractivity contribution in [2.75, 3.05) is 26.8 Å². The molecule has 2 aromatic heterocycles. The van der Waals surface area contributed by atoms with Crippen LogP contribution in [0.25, 0.3) is 11.2 Å². The molecule has 3 fully saturated rings. The summed E-state index contributed by atoms with van der Waals surface area (Å²) < 4.78 is 45.1. The van der Waals surface area contributed by atoms with Crippen LogP contribution in [0.3, 0.4) is 0 Å². The van der Waals surface area contributed by atoms with Gasteiger partial charge in [-0.2, -0.15) is 13.2 Å². The maximum atomic E-state index is 14.2. The normalized spacial score (nSPS) is 24.3. The topological polar surface area (TPSA) is 57.0 Å². The number of fused-ring (bicyclic) bond motifs is 1. The summed E-state index contributed by atoms with van der Waals surface area (Å²) in [6.45, 7) is 4.99. The first-order chi connectivity index (χ1) is 18.2. The summed E-state index contributed by atoms with van der Waals surface area (Å²) in [7, 11) is 2.07. The molecule has 1 aromatic carbocycles. The molecule has 7 nitrogen and oxygen atoms in total. The average molecular weight is 529 g/mol. The second-order valence-electron chi connectivity index (χ2n) is 11.4. The molecular formula is C28H35F3N6O. The molecule has 4 heterocycles. The fourth-order valence-electron chi connectivity index (χ4n) is 6.41. The highest BCUT2D eigenvalue weighted by atomic mass is 19.4. The van der Waals surface area contributed by atoms with Crippen LogP contribution in [-0.4, -0.2) is 51.7 Å². The van der Waals surface area contributed by atoms with Gasteiger partial charge in [0.15, 0.2) is 0 Å². The Labute approximate surface area is 220 Å². The minimum Gasteiger partial charge on any atom is -0.299 e. The van der Waals surface area contributed by atoms with Gasteiger partial charge in [-0.15, -0.1) is 0 Å². The van der Waals surface area contributed by atoms with Crippen LogP contribution in [0.15, 0.2) is 47.5 Å². The van der Waals surface area contributed by atoms with E-state index in [1.165, 1.54) is 27.7 Å². The van der Waals surface area contributed by atoms with E-state index >= 15 is 0 Å². The fraction of sp³-hybridized carbons (Fsp3) is 0.536. The van der Waals surface area contributed by atoms with Gasteiger partial charge in [-0.05, 0) is 74.0 Å². The molecule has 3 aliphatic rings. The number of halogens is 3. The Bertz CT molecular complexity index is 1380. The van der Waals surface area contributed by atoms with Crippen molar-refractivity contribution in [3.63, 3.8) is 0 Å². The molecule has 6 rings (SSSR count). The van der Waals surface area contributed by atoms with Crippen molar-refractivity contribution in [2.45, 2.75) is 57.4 Å². The Kier molecular flexibility index (Phi) is 6.62. The summed E-state index contributed by atoms with van der Waals surface area (Å²) >= 11 is 0. The number of likely N-dealkylation sites (N-methyl/N-ethyl adjacent to an activating group) is 1. The van der Waals surface area contributed by atoms with Crippen molar-refractivity contribution >= 4 is 5.52 Å². The molecule has 38 heavy (non-hydrogen) atoms. The van der Waals surface area contributed by atoms with E-state index in [0.29, 0.717) is 29.6 Å². The number of hydrogen-bond donors (Lipinski definition) is 2. The van der Waals surface area contributed by atoms with E-state index in [2.05, 4.69) is 40.7 Å². The molecule has 2 saturated heterocycles. The smallest absolute Gasteiger partial charge is 0.299 e. The highest BCUT2D eigenvalue weighted by Crippen LogP contribution is 2.42. The Morgan fingerprint density at radius 1 is 1.13 bits per heavy atom. The van der Waals surface area contributed by atoms with Gasteiger partial charge in [-0.1, -0.05) is 25.5 Å². The van der Waals surface area contributed by atoms with Crippen LogP contribution < -0.4 is 16.5 Å². The second kappa shape index (κ2) is 9.82. The summed E-state index contributed by atoms with van der Waals surface area (Å²) in [6.07, 6.45) is 2.98. The average Bonchev–Trinajstić information content (AvgIpc) is 3.54. The molecule has 3 atom stereocenters. The Morgan fingerprint density at radius 2 is 1.95 bits per heavy atom. The summed E-state index contributed by atoms with van der Waals surface area (Å²) in [5, 5.41) is 0. The van der Waals surface area contributed by atoms with Crippen LogP contribution in [0.4, 0.5) is 13.2 Å². The van der Waals surface area contributed by atoms with Crippen molar-refractivity contribution in [2.24, 2.45) is 11.8 Å². The van der Waals surface area contributed by atoms with Crippen LogP contribution in [0, 0.1) is 11.8 Å². The lowest BCUT2D eigenvalue weighted by Gasteiger charge is -2.39. The lowest BCUT2D eigenvalue weighted by molar-refractivity contribution is -0.136. The number of imidazole rings is 1. The summed E-state index contributed by atoms with van der Waals surface area (Å²) in [6, 6.07) is 8.94. The number of nitrogens with one attached hydrogen (secondary N) is 2. The predicted molar refractivity (Wildman–Crippen MR) is 140 cm³/mol. The first kappa shape index (κ1) is 25.6. The molecular weight excluding hydrogens is 493 g/mol. The first-order valence-electron chi connectivity index (χ1n) is 13.5. The van der Waals surface area contributed by atoms with Crippen molar-refractivity contribution in [3.05, 3.63) is 69.9 Å². The third kappa shape index (κ3) is 4.68. The number of pyridine rings is 1. The van der Waals surface area contributed by atoms with E-state index in [9.17, 15) is 18.0 Å². The summed E-state index contributed by atoms with van der Waals surface area (Å²) in [4.78, 5) is 17.9. The number of alkyl halides is 3. The van der Waals surface area contributed by atoms with E-state index in [0.717, 1.165) is 44.6 Å². The van der Waals surface area contributed by atoms with E-state index in [1.807, 2.05) is 12.1 Å². The van der Waals surface area contributed by atoms with Crippen LogP contribution in [-0.2, 0) is 12.7 Å². The van der Waals surface area contributed by atoms with Gasteiger partial charge in [0.05, 0.1) is 29.6 Å². The van der Waals surface area contributed by atoms with Crippen LogP contribution >= 0.6 is 0 Å². The predicted octanol–water partition coefficient (Wildman–Crippen LogP) is 4.16. The highest BCUT2D eigenvalue weighted by molar-refractivity contribution is 5.58. The molecule has 1 aliphatic carbocycles. The zero-order valence-electron chi connectivity index (χ0n) is 21.8. The number of benzene rings is 1. The lowest BCUT2D eigenvalue weighted by atomic mass is 9.71. The maximum absolute atomic E-state index is 14.2. The van der Waals surface area contributed by atoms with Crippen molar-refractivity contribution in [1.29, 1.82) is 0 Å². The third-order valence-corrected chi connectivity index (χ3v) is 8.63. The number of rotatable bonds is 6. The SMILES string of the molecule is C[C@@H]1CCN(Cc2cc(C(F)(F)F)c3cn(-c4cccc([C@@H](C5CCC5)C5NNCN5C)c4)c(=O)n3c2)C1. The van der Waals surface area contributed by atoms with Crippen LogP contribution in [0.5, 0.6) is 0 Å². The summed E-state index contributed by atoms with van der Waals surface area (Å²) in [5.41, 5.74) is 7.37. The second-order valence-corrected chi connectivity index (χ2v) is 11.4. The molecule has 10 heteroatoms. The van der Waals surface area contributed by atoms with Gasteiger partial charge < -0.3 is 0 Å². The molecule has 3 aromatic rings. The molecule has 2 aliphatic heterocycles. The molecule has 0 amide bonds. The molecule has 204 valence electrons. The highest BCUT2D eigenvalue weighted by Gasteiger charge is 2.39. The number of likely N-dealkylation sites (tertiary alicyclic amines) is 1. The number of aromatic nitrogens is 2. The van der Waals surface area contributed by atoms with Crippen molar-refractivity contribution < 1.29 is 13.2 Å². The fourth-order valence-corrected chi connectivity index (χ4v) is 6.41. The van der Waals surface area contributed by atoms with E-state index in [-0.39, 0.29) is 17.6 Å². The number of nitrogens with zero attached hydrogens (tertiary/aromatic N) is 4. The van der Waals surface area contributed by atoms with Gasteiger partial charge in [-0.3, -0.25) is 18.8 Å². The van der Waals surface area contributed by atoms with Gasteiger partial charge in [0, 0.05) is 31.4 Å². The van der Waals surface area contributed by atoms with Crippen LogP contribution in [0.1, 0.15) is 55.2 Å². The lowest BCUT2D eigenvalue weighted by Crippen LogP contribution is -2.44. The molecule has 0 spiro atoms. The van der Waals surface area contributed by atoms with E-state index in [4.69, 9.17) is 0 Å². The minimum atomic E-state index is -4.57. The zero-order valence-corrected chi connectivity index (χ0v) is 21.8. The van der Waals surface area contributed by atoms with Crippen molar-refractivity contribution in [1.82, 2.24) is 29.6 Å². The van der Waals surface area contributed by atoms with Gasteiger partial charge in [-0.25, -0.2) is 15.6 Å². The molecule has 1 saturated carbocycles. The Balaban J connectivity index is 1.41. The van der Waals surface area contributed by atoms with Crippen LogP contribution in [0.2, 0.25) is 0 Å². The van der Waals surface area contributed by atoms with E-state index < -0.39 is 17.4 Å². The standard InChI is InChI=1S/C28H35F3N6O/c1-18-9-10-35(13-18)14-19-11-23(28(29,30)31)24-16-36(27(38)37(24)15-19)22-8-4-7-21(12-22)25(20-5-3-6-20)26-33-32-17-34(26)2/h4,7-8,11-12,15-16,18,20,25-26,32-33H,3,5-6,9-10,13-14,17H2,1-2H3/t18-,25-,26?/m1/s1. The molecule has 0 bridgehead atoms.